The van der Waals surface area contributed by atoms with Crippen LogP contribution in [0.4, 0.5) is 28.4 Å². The molecule has 68 heavy (non-hydrogen) atoms. The number of anilines is 5. The molecule has 1 N–H and O–H groups in total. The van der Waals surface area contributed by atoms with Gasteiger partial charge in [0, 0.05) is 34.4 Å². The number of hydrogen-bond donors (Lipinski definition) is 1. The molecule has 0 aromatic heterocycles. The van der Waals surface area contributed by atoms with Gasteiger partial charge in [-0.15, -0.1) is 0 Å². The Labute approximate surface area is 399 Å². The number of benzene rings is 10. The topological polar surface area (TPSA) is 15.3 Å². The molecule has 2 aliphatic carbocycles. The Bertz CT molecular complexity index is 3440. The van der Waals surface area contributed by atoms with E-state index in [9.17, 15) is 0 Å². The molecule has 0 aliphatic heterocycles. The summed E-state index contributed by atoms with van der Waals surface area (Å²) in [6, 6.07) is 89.1. The van der Waals surface area contributed by atoms with E-state index in [1.54, 1.807) is 0 Å². The molecule has 10 aromatic carbocycles. The fraction of sp³-hybridized carbons (Fsp3) is 0.0606. The first-order chi connectivity index (χ1) is 33.6. The highest BCUT2D eigenvalue weighted by Crippen LogP contribution is 2.57. The Balaban J connectivity index is 0.957. The van der Waals surface area contributed by atoms with Gasteiger partial charge in [-0.2, -0.15) is 0 Å². The van der Waals surface area contributed by atoms with Crippen molar-refractivity contribution in [1.29, 1.82) is 0 Å². The summed E-state index contributed by atoms with van der Waals surface area (Å²) in [7, 11) is 0. The number of nitrogens with zero attached hydrogens (tertiary/aromatic N) is 1. The van der Waals surface area contributed by atoms with Crippen molar-refractivity contribution in [2.45, 2.75) is 18.3 Å². The predicted molar refractivity (Wildman–Crippen MR) is 287 cm³/mol. The van der Waals surface area contributed by atoms with E-state index in [0.717, 1.165) is 39.6 Å². The zero-order valence-corrected chi connectivity index (χ0v) is 38.0. The lowest BCUT2D eigenvalue weighted by Gasteiger charge is -2.35. The van der Waals surface area contributed by atoms with Crippen molar-refractivity contribution in [3.8, 4) is 33.4 Å². The van der Waals surface area contributed by atoms with Crippen LogP contribution in [0.1, 0.15) is 40.7 Å². The Hall–Kier alpha value is -8.46. The standard InChI is InChI=1S/C66H50N2/c1-46-18-11-14-29-59(46)62-43-51-21-12-13-22-52(51)44-65(62)67-55-36-32-49(33-37-55)50-23-17-28-57(42-50)68(56-38-34-48(35-39-56)47-19-5-2-6-20-47)58-40-41-61-60-30-15-16-31-63(60)66(64(61)45-58,53-24-7-3-8-25-53)54-26-9-4-10-27-54/h2-46,59,67H,1H3. The average Bonchev–Trinajstić information content (AvgIpc) is 3.70. The molecule has 2 atom stereocenters. The number of hydrogen-bond acceptors (Lipinski definition) is 2. The van der Waals surface area contributed by atoms with Gasteiger partial charge < -0.3 is 10.2 Å². The van der Waals surface area contributed by atoms with Crippen LogP contribution in [0.25, 0.3) is 44.2 Å². The maximum Gasteiger partial charge on any atom is 0.0714 e. The molecule has 324 valence electrons. The minimum absolute atomic E-state index is 0.292. The van der Waals surface area contributed by atoms with E-state index >= 15 is 0 Å². The lowest BCUT2D eigenvalue weighted by atomic mass is 9.67. The molecule has 2 nitrogen and oxygen atoms in total. The van der Waals surface area contributed by atoms with E-state index in [1.165, 1.54) is 60.8 Å². The van der Waals surface area contributed by atoms with Gasteiger partial charge in [0.2, 0.25) is 0 Å². The van der Waals surface area contributed by atoms with Crippen LogP contribution < -0.4 is 10.2 Å². The summed E-state index contributed by atoms with van der Waals surface area (Å²) in [4.78, 5) is 2.43. The molecular weight excluding hydrogens is 821 g/mol. The van der Waals surface area contributed by atoms with E-state index < -0.39 is 5.41 Å². The number of allylic oxidation sites excluding steroid dienone is 4. The zero-order valence-electron chi connectivity index (χ0n) is 38.0. The van der Waals surface area contributed by atoms with Crippen LogP contribution in [-0.4, -0.2) is 0 Å². The lowest BCUT2D eigenvalue weighted by molar-refractivity contribution is 0.637. The molecule has 0 saturated heterocycles. The molecule has 0 heterocycles. The summed E-state index contributed by atoms with van der Waals surface area (Å²) in [5, 5.41) is 6.33. The molecular formula is C66H50N2. The summed E-state index contributed by atoms with van der Waals surface area (Å²) in [5.74, 6) is 0.696. The van der Waals surface area contributed by atoms with Crippen molar-refractivity contribution >= 4 is 39.2 Å². The number of rotatable bonds is 10. The molecule has 0 bridgehead atoms. The van der Waals surface area contributed by atoms with E-state index in [1.807, 2.05) is 0 Å². The monoisotopic (exact) mass is 870 g/mol. The van der Waals surface area contributed by atoms with Crippen LogP contribution in [0, 0.1) is 5.92 Å². The van der Waals surface area contributed by atoms with Gasteiger partial charge in [-0.25, -0.2) is 0 Å². The molecule has 2 heteroatoms. The molecule has 0 spiro atoms. The van der Waals surface area contributed by atoms with Crippen LogP contribution in [-0.2, 0) is 5.41 Å². The number of fused-ring (bicyclic) bond motifs is 4. The highest BCUT2D eigenvalue weighted by atomic mass is 15.1. The van der Waals surface area contributed by atoms with Crippen molar-refractivity contribution in [1.82, 2.24) is 0 Å². The normalized spacial score (nSPS) is 15.4. The van der Waals surface area contributed by atoms with E-state index in [2.05, 4.69) is 284 Å². The minimum atomic E-state index is -0.513. The van der Waals surface area contributed by atoms with Gasteiger partial charge in [-0.05, 0) is 139 Å². The van der Waals surface area contributed by atoms with Gasteiger partial charge in [-0.1, -0.05) is 213 Å². The maximum atomic E-state index is 3.84. The fourth-order valence-corrected chi connectivity index (χ4v) is 10.9. The van der Waals surface area contributed by atoms with Gasteiger partial charge in [0.05, 0.1) is 5.41 Å². The summed E-state index contributed by atoms with van der Waals surface area (Å²) in [6.07, 6.45) is 8.98. The van der Waals surface area contributed by atoms with E-state index in [0.29, 0.717) is 11.8 Å². The predicted octanol–water partition coefficient (Wildman–Crippen LogP) is 17.6. The first kappa shape index (κ1) is 41.0. The zero-order chi connectivity index (χ0) is 45.4. The van der Waals surface area contributed by atoms with E-state index in [-0.39, 0.29) is 0 Å². The Morgan fingerprint density at radius 2 is 0.941 bits per heavy atom. The molecule has 0 radical (unpaired) electrons. The summed E-state index contributed by atoms with van der Waals surface area (Å²) >= 11 is 0. The fourth-order valence-electron chi connectivity index (χ4n) is 10.9. The summed E-state index contributed by atoms with van der Waals surface area (Å²) < 4.78 is 0. The summed E-state index contributed by atoms with van der Waals surface area (Å²) in [6.45, 7) is 2.31. The highest BCUT2D eigenvalue weighted by Gasteiger charge is 2.46. The van der Waals surface area contributed by atoms with Crippen LogP contribution in [0.2, 0.25) is 0 Å². The second kappa shape index (κ2) is 17.4. The highest BCUT2D eigenvalue weighted by molar-refractivity contribution is 5.91. The smallest absolute Gasteiger partial charge is 0.0714 e. The van der Waals surface area contributed by atoms with Crippen LogP contribution >= 0.6 is 0 Å². The first-order valence-electron chi connectivity index (χ1n) is 23.8. The van der Waals surface area contributed by atoms with Crippen molar-refractivity contribution in [3.05, 3.63) is 295 Å². The third kappa shape index (κ3) is 7.23. The third-order valence-electron chi connectivity index (χ3n) is 14.2. The van der Waals surface area contributed by atoms with Crippen molar-refractivity contribution in [2.24, 2.45) is 5.92 Å². The van der Waals surface area contributed by atoms with Crippen molar-refractivity contribution in [3.63, 3.8) is 0 Å². The molecule has 0 amide bonds. The Kier molecular flexibility index (Phi) is 10.5. The SMILES string of the molecule is CC1C=CC=CC1c1cc2ccccc2cc1Nc1ccc(-c2cccc(N(c3ccc(-c4ccccc4)cc3)c3ccc4c(c3)C(c3ccccc3)(c3ccccc3)c3ccccc3-4)c2)cc1. The van der Waals surface area contributed by atoms with E-state index in [4.69, 9.17) is 0 Å². The summed E-state index contributed by atoms with van der Waals surface area (Å²) in [5.41, 5.74) is 18.6. The second-order valence-electron chi connectivity index (χ2n) is 18.2. The molecule has 2 aliphatic rings. The first-order valence-corrected chi connectivity index (χ1v) is 23.8. The lowest BCUT2D eigenvalue weighted by Crippen LogP contribution is -2.28. The van der Waals surface area contributed by atoms with Crippen LogP contribution in [0.3, 0.4) is 0 Å². The van der Waals surface area contributed by atoms with Gasteiger partial charge >= 0.3 is 0 Å². The quantitative estimate of drug-likeness (QED) is 0.147. The molecule has 10 aromatic rings. The van der Waals surface area contributed by atoms with Crippen LogP contribution in [0.5, 0.6) is 0 Å². The van der Waals surface area contributed by atoms with Gasteiger partial charge in [0.15, 0.2) is 0 Å². The Morgan fingerprint density at radius 1 is 0.397 bits per heavy atom. The maximum absolute atomic E-state index is 3.84. The molecule has 0 saturated carbocycles. The largest absolute Gasteiger partial charge is 0.355 e. The minimum Gasteiger partial charge on any atom is -0.355 e. The Morgan fingerprint density at radius 3 is 1.66 bits per heavy atom. The number of nitrogens with one attached hydrogen (secondary N) is 1. The molecule has 12 rings (SSSR count). The van der Waals surface area contributed by atoms with Crippen LogP contribution in [0.15, 0.2) is 267 Å². The van der Waals surface area contributed by atoms with Gasteiger partial charge in [0.25, 0.3) is 0 Å². The van der Waals surface area contributed by atoms with Gasteiger partial charge in [-0.3, -0.25) is 0 Å². The average molecular weight is 871 g/mol. The van der Waals surface area contributed by atoms with Gasteiger partial charge in [0.1, 0.15) is 0 Å². The third-order valence-corrected chi connectivity index (χ3v) is 14.2. The molecule has 2 unspecified atom stereocenters. The van der Waals surface area contributed by atoms with Crippen molar-refractivity contribution in [2.75, 3.05) is 10.2 Å². The second-order valence-corrected chi connectivity index (χ2v) is 18.2. The van der Waals surface area contributed by atoms with Crippen molar-refractivity contribution < 1.29 is 0 Å². The molecule has 0 fully saturated rings.